The molecule has 11 nitrogen and oxygen atoms in total. The molecule has 0 spiro atoms. The number of H-pyrrole nitrogens is 1. The molecule has 2 aromatic heterocycles. The molecule has 206 valence electrons. The van der Waals surface area contributed by atoms with Crippen LogP contribution >= 0.6 is 23.2 Å². The Morgan fingerprint density at radius 3 is 2.55 bits per heavy atom. The summed E-state index contributed by atoms with van der Waals surface area (Å²) in [5, 5.41) is 15.2. The molecular formula is C26H24Cl2N8O3Po. The number of ether oxygens (including phenoxy) is 1. The van der Waals surface area contributed by atoms with Gasteiger partial charge in [0.1, 0.15) is 16.6 Å². The Bertz CT molecular complexity index is 1600. The number of benzene rings is 2. The van der Waals surface area contributed by atoms with Crippen molar-refractivity contribution in [3.63, 3.8) is 0 Å². The van der Waals surface area contributed by atoms with Gasteiger partial charge in [-0.25, -0.2) is 9.78 Å². The standard InChI is InChI=1S/C26H22Cl2N8O3.Po.2H/c1-4-14-9-15(24(29)37)11-16(10-14)31-25-30-8-7-21(34-25)39-19-6-5-17(22(27)23(19)28)32-26(38)33-20-12-18(13(2)3)35-36-20;;;/h1,5-13H,2-3H3,(H2,29,37)(H,30,31,34)(H3,32,33,35,36,38);;;. The Hall–Kier alpha value is -3.89. The first-order chi connectivity index (χ1) is 18.6. The van der Waals surface area contributed by atoms with Crippen molar-refractivity contribution in [2.24, 2.45) is 5.73 Å². The number of anilines is 4. The van der Waals surface area contributed by atoms with E-state index in [9.17, 15) is 9.59 Å². The summed E-state index contributed by atoms with van der Waals surface area (Å²) < 4.78 is 5.80. The fourth-order valence-corrected chi connectivity index (χ4v) is 3.71. The molecular weight excluding hydrogens is 752 g/mol. The van der Waals surface area contributed by atoms with Crippen LogP contribution in [0.2, 0.25) is 10.0 Å². The Balaban J connectivity index is 0.00000441. The molecule has 0 atom stereocenters. The molecule has 0 aliphatic rings. The number of aromatic nitrogens is 4. The molecule has 0 fully saturated rings. The van der Waals surface area contributed by atoms with Crippen molar-refractivity contribution >= 4 is 84.8 Å². The van der Waals surface area contributed by atoms with Crippen LogP contribution in [-0.4, -0.2) is 58.7 Å². The fraction of sp³-hybridized carbons (Fsp3) is 0.115. The molecule has 2 heterocycles. The Kier molecular flexibility index (Phi) is 10.3. The Labute approximate surface area is 259 Å². The molecule has 0 saturated heterocycles. The van der Waals surface area contributed by atoms with Crippen LogP contribution in [0, 0.1) is 12.3 Å². The Morgan fingerprint density at radius 2 is 1.88 bits per heavy atom. The number of nitrogens with two attached hydrogens (primary N) is 1. The monoisotopic (exact) mass is 775 g/mol. The fourth-order valence-electron chi connectivity index (χ4n) is 3.31. The van der Waals surface area contributed by atoms with Crippen LogP contribution in [0.25, 0.3) is 0 Å². The predicted octanol–water partition coefficient (Wildman–Crippen LogP) is 4.97. The van der Waals surface area contributed by atoms with Gasteiger partial charge < -0.3 is 21.1 Å². The SMILES string of the molecule is C#Cc1cc(Nc2nccc(Oc3ccc(NC(=O)Nc4cc(C(C)C)n[nH]4)c(Cl)c3Cl)n2)cc(C(N)=O)c1.[PoH2]. The number of carbonyl (C=O) groups excluding carboxylic acids is 2. The van der Waals surface area contributed by atoms with Crippen LogP contribution in [0.1, 0.15) is 41.4 Å². The molecule has 0 aliphatic heterocycles. The molecule has 3 amide bonds. The van der Waals surface area contributed by atoms with Crippen molar-refractivity contribution in [1.29, 1.82) is 0 Å². The quantitative estimate of drug-likeness (QED) is 0.158. The maximum atomic E-state index is 12.4. The van der Waals surface area contributed by atoms with Crippen molar-refractivity contribution in [3.8, 4) is 24.0 Å². The van der Waals surface area contributed by atoms with Crippen molar-refractivity contribution in [3.05, 3.63) is 75.5 Å². The average Bonchev–Trinajstić information content (AvgIpc) is 3.37. The van der Waals surface area contributed by atoms with Crippen LogP contribution in [0.5, 0.6) is 11.6 Å². The van der Waals surface area contributed by atoms with Gasteiger partial charge >= 0.3 is 32.6 Å². The number of hydrogen-bond acceptors (Lipinski definition) is 7. The number of aromatic amines is 1. The van der Waals surface area contributed by atoms with Gasteiger partial charge in [-0.2, -0.15) is 10.1 Å². The van der Waals surface area contributed by atoms with E-state index in [1.165, 1.54) is 36.5 Å². The molecule has 4 aromatic rings. The van der Waals surface area contributed by atoms with E-state index in [2.05, 4.69) is 42.0 Å². The van der Waals surface area contributed by atoms with E-state index in [0.717, 1.165) is 5.69 Å². The Morgan fingerprint density at radius 1 is 1.10 bits per heavy atom. The van der Waals surface area contributed by atoms with Gasteiger partial charge in [0, 0.05) is 35.1 Å². The minimum absolute atomic E-state index is 0. The summed E-state index contributed by atoms with van der Waals surface area (Å²) in [5.74, 6) is 2.97. The summed E-state index contributed by atoms with van der Waals surface area (Å²) in [6.45, 7) is 3.98. The van der Waals surface area contributed by atoms with Gasteiger partial charge in [0.25, 0.3) is 0 Å². The number of rotatable bonds is 8. The second-order valence-electron chi connectivity index (χ2n) is 8.43. The van der Waals surface area contributed by atoms with Gasteiger partial charge in [0.05, 0.1) is 16.4 Å². The normalized spacial score (nSPS) is 10.3. The molecule has 4 rings (SSSR count). The van der Waals surface area contributed by atoms with Gasteiger partial charge in [-0.3, -0.25) is 15.2 Å². The van der Waals surface area contributed by atoms with E-state index in [0.29, 0.717) is 17.1 Å². The van der Waals surface area contributed by atoms with Gasteiger partial charge in [-0.1, -0.05) is 43.0 Å². The number of urea groups is 1. The summed E-state index contributed by atoms with van der Waals surface area (Å²) in [7, 11) is 0. The third-order valence-corrected chi connectivity index (χ3v) is 6.08. The van der Waals surface area contributed by atoms with Crippen molar-refractivity contribution in [1.82, 2.24) is 20.2 Å². The molecule has 6 N–H and O–H groups in total. The molecule has 0 saturated carbocycles. The summed E-state index contributed by atoms with van der Waals surface area (Å²) in [4.78, 5) is 32.5. The zero-order chi connectivity index (χ0) is 28.1. The third kappa shape index (κ3) is 7.61. The van der Waals surface area contributed by atoms with Crippen LogP contribution < -0.4 is 26.4 Å². The van der Waals surface area contributed by atoms with E-state index < -0.39 is 11.9 Å². The van der Waals surface area contributed by atoms with Crippen LogP contribution in [0.15, 0.2) is 48.7 Å². The van der Waals surface area contributed by atoms with E-state index >= 15 is 0 Å². The molecule has 0 bridgehead atoms. The second kappa shape index (κ2) is 13.4. The molecule has 14 heteroatoms. The van der Waals surface area contributed by atoms with Crippen LogP contribution in [0.4, 0.5) is 27.9 Å². The zero-order valence-corrected chi connectivity index (χ0v) is 26.6. The number of halogens is 2. The van der Waals surface area contributed by atoms with Gasteiger partial charge in [-0.15, -0.1) is 6.42 Å². The summed E-state index contributed by atoms with van der Waals surface area (Å²) >= 11 is 12.8. The van der Waals surface area contributed by atoms with Gasteiger partial charge in [0.15, 0.2) is 0 Å². The molecule has 40 heavy (non-hydrogen) atoms. The summed E-state index contributed by atoms with van der Waals surface area (Å²) in [6, 6.07) is 10.4. The number of hydrogen-bond donors (Lipinski definition) is 5. The van der Waals surface area contributed by atoms with E-state index in [-0.39, 0.29) is 71.4 Å². The predicted molar refractivity (Wildman–Crippen MR) is 159 cm³/mol. The first-order valence-corrected chi connectivity index (χ1v) is 12.2. The maximum absolute atomic E-state index is 12.4. The minimum atomic E-state index is -0.628. The summed E-state index contributed by atoms with van der Waals surface area (Å²) in [5.41, 5.74) is 7.60. The number of nitrogens with one attached hydrogen (secondary N) is 4. The number of primary amides is 1. The average molecular weight is 776 g/mol. The third-order valence-electron chi connectivity index (χ3n) is 5.22. The van der Waals surface area contributed by atoms with Crippen molar-refractivity contribution < 1.29 is 14.3 Å². The number of nitrogens with zero attached hydrogens (tertiary/aromatic N) is 3. The van der Waals surface area contributed by atoms with Crippen molar-refractivity contribution in [2.45, 2.75) is 19.8 Å². The molecule has 0 unspecified atom stereocenters. The van der Waals surface area contributed by atoms with E-state index in [1.807, 2.05) is 13.8 Å². The van der Waals surface area contributed by atoms with Crippen LogP contribution in [0.3, 0.4) is 0 Å². The molecule has 0 radical (unpaired) electrons. The van der Waals surface area contributed by atoms with Gasteiger partial charge in [-0.05, 0) is 36.2 Å². The summed E-state index contributed by atoms with van der Waals surface area (Å²) in [6.07, 6.45) is 6.92. The van der Waals surface area contributed by atoms with Crippen molar-refractivity contribution in [2.75, 3.05) is 16.0 Å². The number of terminal acetylenes is 1. The topological polar surface area (TPSA) is 160 Å². The molecule has 2 aromatic carbocycles. The number of amides is 3. The van der Waals surface area contributed by atoms with Gasteiger partial charge in [0.2, 0.25) is 17.7 Å². The second-order valence-corrected chi connectivity index (χ2v) is 9.19. The first kappa shape index (κ1) is 30.6. The van der Waals surface area contributed by atoms with Crippen LogP contribution in [-0.2, 0) is 0 Å². The van der Waals surface area contributed by atoms with E-state index in [4.69, 9.17) is 40.1 Å². The van der Waals surface area contributed by atoms with E-state index in [1.54, 1.807) is 12.1 Å². The molecule has 0 aliphatic carbocycles. The number of carbonyl (C=O) groups is 2. The first-order valence-electron chi connectivity index (χ1n) is 11.4. The zero-order valence-electron chi connectivity index (χ0n) is 21.2.